The number of hydrogen-bond acceptors (Lipinski definition) is 4. The molecule has 1 heterocycles. The molecule has 0 bridgehead atoms. The fourth-order valence-corrected chi connectivity index (χ4v) is 6.97. The van der Waals surface area contributed by atoms with Gasteiger partial charge in [-0.2, -0.15) is 4.31 Å². The number of hydrogen-bond donors (Lipinski definition) is 0. The highest BCUT2D eigenvalue weighted by molar-refractivity contribution is 7.92. The predicted molar refractivity (Wildman–Crippen MR) is 80.6 cm³/mol. The topological polar surface area (TPSA) is 71.5 Å². The molecule has 1 aromatic rings. The quantitative estimate of drug-likeness (QED) is 0.829. The van der Waals surface area contributed by atoms with Crippen molar-refractivity contribution in [2.75, 3.05) is 11.5 Å². The Hall–Kier alpha value is -0.630. The zero-order valence-corrected chi connectivity index (χ0v) is 13.7. The van der Waals surface area contributed by atoms with Gasteiger partial charge in [-0.15, -0.1) is 0 Å². The average Bonchev–Trinajstić information content (AvgIpc) is 3.14. The minimum atomic E-state index is -3.77. The Labute approximate surface area is 129 Å². The maximum absolute atomic E-state index is 12.9. The van der Waals surface area contributed by atoms with E-state index in [9.17, 15) is 16.8 Å². The molecule has 5 nitrogen and oxygen atoms in total. The SMILES string of the molecule is O=S1(=O)CCC(N(C2CC2)S(=O)(=O)c2ccccc2Cl)C1. The summed E-state index contributed by atoms with van der Waals surface area (Å²) in [6.45, 7) is 0. The Kier molecular flexibility index (Phi) is 3.80. The lowest BCUT2D eigenvalue weighted by atomic mass is 10.2. The molecule has 0 amide bonds. The van der Waals surface area contributed by atoms with Crippen LogP contribution >= 0.6 is 11.6 Å². The van der Waals surface area contributed by atoms with Gasteiger partial charge in [0.1, 0.15) is 4.90 Å². The van der Waals surface area contributed by atoms with Crippen LogP contribution in [0.15, 0.2) is 29.2 Å². The molecule has 0 aromatic heterocycles. The lowest BCUT2D eigenvalue weighted by Gasteiger charge is -2.27. The number of nitrogens with zero attached hydrogens (tertiary/aromatic N) is 1. The summed E-state index contributed by atoms with van der Waals surface area (Å²) in [5.41, 5.74) is 0. The molecule has 1 aliphatic heterocycles. The third-order valence-corrected chi connectivity index (χ3v) is 8.12. The van der Waals surface area contributed by atoms with Gasteiger partial charge < -0.3 is 0 Å². The summed E-state index contributed by atoms with van der Waals surface area (Å²) in [7, 11) is -6.90. The second-order valence-corrected chi connectivity index (χ2v) is 10.0. The number of sulfonamides is 1. The van der Waals surface area contributed by atoms with Gasteiger partial charge in [-0.3, -0.25) is 0 Å². The normalized spacial score (nSPS) is 25.3. The lowest BCUT2D eigenvalue weighted by molar-refractivity contribution is 0.332. The van der Waals surface area contributed by atoms with Gasteiger partial charge in [0.25, 0.3) is 0 Å². The van der Waals surface area contributed by atoms with Crippen LogP contribution in [0.25, 0.3) is 0 Å². The minimum absolute atomic E-state index is 0.0545. The van der Waals surface area contributed by atoms with E-state index >= 15 is 0 Å². The molecule has 2 aliphatic rings. The summed E-state index contributed by atoms with van der Waals surface area (Å²) in [5.74, 6) is -0.0356. The van der Waals surface area contributed by atoms with E-state index in [-0.39, 0.29) is 27.5 Å². The van der Waals surface area contributed by atoms with Crippen molar-refractivity contribution in [3.05, 3.63) is 29.3 Å². The molecule has 1 saturated heterocycles. The second-order valence-electron chi connectivity index (χ2n) is 5.55. The van der Waals surface area contributed by atoms with E-state index in [0.29, 0.717) is 6.42 Å². The Balaban J connectivity index is 2.00. The zero-order chi connectivity index (χ0) is 15.3. The van der Waals surface area contributed by atoms with Gasteiger partial charge in [0.15, 0.2) is 9.84 Å². The zero-order valence-electron chi connectivity index (χ0n) is 11.3. The maximum Gasteiger partial charge on any atom is 0.245 e. The van der Waals surface area contributed by atoms with Crippen LogP contribution in [-0.4, -0.2) is 44.7 Å². The first-order valence-corrected chi connectivity index (χ1v) is 10.4. The predicted octanol–water partition coefficient (Wildman–Crippen LogP) is 1.68. The largest absolute Gasteiger partial charge is 0.245 e. The molecule has 116 valence electrons. The monoisotopic (exact) mass is 349 g/mol. The van der Waals surface area contributed by atoms with E-state index in [1.165, 1.54) is 16.4 Å². The average molecular weight is 350 g/mol. The molecule has 0 N–H and O–H groups in total. The van der Waals surface area contributed by atoms with Crippen LogP contribution in [-0.2, 0) is 19.9 Å². The van der Waals surface area contributed by atoms with Crippen molar-refractivity contribution < 1.29 is 16.8 Å². The molecule has 21 heavy (non-hydrogen) atoms. The molecule has 1 aromatic carbocycles. The van der Waals surface area contributed by atoms with Crippen molar-refractivity contribution in [1.29, 1.82) is 0 Å². The van der Waals surface area contributed by atoms with E-state index in [1.807, 2.05) is 0 Å². The third-order valence-electron chi connectivity index (χ3n) is 3.87. The summed E-state index contributed by atoms with van der Waals surface area (Å²) >= 11 is 6.02. The Morgan fingerprint density at radius 2 is 1.76 bits per heavy atom. The van der Waals surface area contributed by atoms with Gasteiger partial charge >= 0.3 is 0 Å². The molecule has 0 radical (unpaired) electrons. The summed E-state index contributed by atoms with van der Waals surface area (Å²) < 4.78 is 50.5. The number of rotatable bonds is 4. The summed E-state index contributed by atoms with van der Waals surface area (Å²) in [4.78, 5) is 0.0582. The van der Waals surface area contributed by atoms with E-state index in [2.05, 4.69) is 0 Å². The summed E-state index contributed by atoms with van der Waals surface area (Å²) in [6, 6.07) is 5.73. The fourth-order valence-electron chi connectivity index (χ4n) is 2.76. The van der Waals surface area contributed by atoms with Gasteiger partial charge in [0, 0.05) is 12.1 Å². The Morgan fingerprint density at radius 3 is 2.29 bits per heavy atom. The minimum Gasteiger partial charge on any atom is -0.229 e. The molecule has 1 saturated carbocycles. The third kappa shape index (κ3) is 2.97. The number of halogens is 1. The van der Waals surface area contributed by atoms with E-state index < -0.39 is 25.9 Å². The standard InChI is InChI=1S/C13H16ClNO4S2/c14-12-3-1-2-4-13(12)21(18,19)15(10-5-6-10)11-7-8-20(16,17)9-11/h1-4,10-11H,5-9H2. The van der Waals surface area contributed by atoms with Crippen LogP contribution in [0.2, 0.25) is 5.02 Å². The van der Waals surface area contributed by atoms with Crippen LogP contribution in [0.5, 0.6) is 0 Å². The molecular weight excluding hydrogens is 334 g/mol. The Morgan fingerprint density at radius 1 is 1.10 bits per heavy atom. The van der Waals surface area contributed by atoms with E-state index in [0.717, 1.165) is 12.8 Å². The lowest BCUT2D eigenvalue weighted by Crippen LogP contribution is -2.42. The van der Waals surface area contributed by atoms with E-state index in [1.54, 1.807) is 12.1 Å². The van der Waals surface area contributed by atoms with Gasteiger partial charge in [0.2, 0.25) is 10.0 Å². The van der Waals surface area contributed by atoms with E-state index in [4.69, 9.17) is 11.6 Å². The first-order valence-electron chi connectivity index (χ1n) is 6.80. The van der Waals surface area contributed by atoms with Crippen LogP contribution in [0.1, 0.15) is 19.3 Å². The Bertz CT molecular complexity index is 756. The van der Waals surface area contributed by atoms with Gasteiger partial charge in [0.05, 0.1) is 16.5 Å². The van der Waals surface area contributed by atoms with Crippen molar-refractivity contribution in [1.82, 2.24) is 4.31 Å². The van der Waals surface area contributed by atoms with Gasteiger partial charge in [-0.1, -0.05) is 23.7 Å². The first-order chi connectivity index (χ1) is 9.81. The van der Waals surface area contributed by atoms with Gasteiger partial charge in [-0.05, 0) is 31.4 Å². The molecule has 8 heteroatoms. The van der Waals surface area contributed by atoms with Gasteiger partial charge in [-0.25, -0.2) is 16.8 Å². The second kappa shape index (κ2) is 5.22. The van der Waals surface area contributed by atoms with Crippen LogP contribution in [0, 0.1) is 0 Å². The molecule has 3 rings (SSSR count). The van der Waals surface area contributed by atoms with Crippen LogP contribution in [0.3, 0.4) is 0 Å². The van der Waals surface area contributed by atoms with Crippen molar-refractivity contribution in [2.45, 2.75) is 36.2 Å². The summed E-state index contributed by atoms with van der Waals surface area (Å²) in [5, 5.41) is 0.170. The first kappa shape index (κ1) is 15.3. The fraction of sp³-hybridized carbons (Fsp3) is 0.538. The highest BCUT2D eigenvalue weighted by Crippen LogP contribution is 2.38. The molecule has 2 fully saturated rings. The molecule has 0 spiro atoms. The molecule has 1 atom stereocenters. The highest BCUT2D eigenvalue weighted by atomic mass is 35.5. The molecular formula is C13H16ClNO4S2. The smallest absolute Gasteiger partial charge is 0.229 e. The highest BCUT2D eigenvalue weighted by Gasteiger charge is 2.46. The number of benzene rings is 1. The van der Waals surface area contributed by atoms with Crippen LogP contribution < -0.4 is 0 Å². The van der Waals surface area contributed by atoms with Crippen molar-refractivity contribution >= 4 is 31.5 Å². The molecule has 1 aliphatic carbocycles. The maximum atomic E-state index is 12.9. The number of sulfone groups is 1. The summed E-state index contributed by atoms with van der Waals surface area (Å²) in [6.07, 6.45) is 1.92. The van der Waals surface area contributed by atoms with Crippen LogP contribution in [0.4, 0.5) is 0 Å². The van der Waals surface area contributed by atoms with Crippen molar-refractivity contribution in [3.8, 4) is 0 Å². The molecule has 1 unspecified atom stereocenters. The van der Waals surface area contributed by atoms with Crippen molar-refractivity contribution in [2.24, 2.45) is 0 Å². The van der Waals surface area contributed by atoms with Crippen molar-refractivity contribution in [3.63, 3.8) is 0 Å².